The lowest BCUT2D eigenvalue weighted by molar-refractivity contribution is 0.0635. The number of ether oxygens (including phenoxy) is 3. The van der Waals surface area contributed by atoms with Gasteiger partial charge in [0.15, 0.2) is 22.8 Å². The minimum absolute atomic E-state index is 0.470. The van der Waals surface area contributed by atoms with Crippen molar-refractivity contribution in [1.29, 1.82) is 0 Å². The van der Waals surface area contributed by atoms with Crippen LogP contribution in [0.1, 0.15) is 27.7 Å². The lowest BCUT2D eigenvalue weighted by Gasteiger charge is -2.28. The third kappa shape index (κ3) is 4.98. The van der Waals surface area contributed by atoms with E-state index in [1.54, 1.807) is 23.9 Å². The third-order valence-corrected chi connectivity index (χ3v) is 5.05. The molecule has 1 N–H and O–H groups in total. The number of nitrogens with zero attached hydrogens (tertiary/aromatic N) is 6. The zero-order valence-corrected chi connectivity index (χ0v) is 19.6. The van der Waals surface area contributed by atoms with Gasteiger partial charge in [-0.05, 0) is 45.9 Å². The number of hydrogen-bond donors (Lipinski definition) is 1. The van der Waals surface area contributed by atoms with Crippen LogP contribution in [0, 0.1) is 0 Å². The summed E-state index contributed by atoms with van der Waals surface area (Å²) in [6, 6.07) is 5.37. The summed E-state index contributed by atoms with van der Waals surface area (Å²) in [7, 11) is 1.54. The molecule has 0 spiro atoms. The van der Waals surface area contributed by atoms with Gasteiger partial charge in [0.2, 0.25) is 0 Å². The maximum absolute atomic E-state index is 12.2. The van der Waals surface area contributed by atoms with Gasteiger partial charge in [-0.3, -0.25) is 5.32 Å². The molecule has 1 fully saturated rings. The van der Waals surface area contributed by atoms with E-state index < -0.39 is 11.7 Å². The average Bonchev–Trinajstić information content (AvgIpc) is 3.21. The number of nitrogens with one attached hydrogen (secondary N) is 1. The van der Waals surface area contributed by atoms with Gasteiger partial charge < -0.3 is 19.1 Å². The molecule has 33 heavy (non-hydrogen) atoms. The number of fused-ring (bicyclic) bond motifs is 1. The molecular weight excluding hydrogens is 426 g/mol. The number of amides is 1. The molecule has 1 saturated heterocycles. The lowest BCUT2D eigenvalue weighted by Crippen LogP contribution is -2.37. The first kappa shape index (κ1) is 22.7. The Morgan fingerprint density at radius 1 is 1.21 bits per heavy atom. The van der Waals surface area contributed by atoms with Crippen molar-refractivity contribution in [2.45, 2.75) is 39.8 Å². The predicted octanol–water partition coefficient (Wildman–Crippen LogP) is 3.10. The highest BCUT2D eigenvalue weighted by molar-refractivity contribution is 5.88. The number of morpholine rings is 1. The van der Waals surface area contributed by atoms with Gasteiger partial charge in [0.25, 0.3) is 0 Å². The molecule has 4 rings (SSSR count). The average molecular weight is 456 g/mol. The third-order valence-electron chi connectivity index (χ3n) is 5.05. The van der Waals surface area contributed by atoms with E-state index in [-0.39, 0.29) is 0 Å². The van der Waals surface area contributed by atoms with Crippen LogP contribution < -0.4 is 15.0 Å². The Kier molecular flexibility index (Phi) is 6.32. The summed E-state index contributed by atoms with van der Waals surface area (Å²) in [6.07, 6.45) is -0.557. The summed E-state index contributed by atoms with van der Waals surface area (Å²) in [5, 5.41) is 11.3. The van der Waals surface area contributed by atoms with E-state index in [1.807, 2.05) is 33.8 Å². The molecule has 1 amide bonds. The summed E-state index contributed by atoms with van der Waals surface area (Å²) < 4.78 is 18.1. The summed E-state index contributed by atoms with van der Waals surface area (Å²) in [5.74, 6) is 1.72. The lowest BCUT2D eigenvalue weighted by atomic mass is 10.1. The minimum Gasteiger partial charge on any atom is -0.495 e. The fraction of sp³-hybridized carbons (Fsp3) is 0.500. The molecule has 1 aromatic carbocycles. The second-order valence-electron chi connectivity index (χ2n) is 8.59. The highest BCUT2D eigenvalue weighted by Crippen LogP contribution is 2.32. The van der Waals surface area contributed by atoms with Crippen molar-refractivity contribution in [3.05, 3.63) is 18.2 Å². The second kappa shape index (κ2) is 9.18. The Morgan fingerprint density at radius 3 is 2.64 bits per heavy atom. The zero-order valence-electron chi connectivity index (χ0n) is 19.6. The number of benzene rings is 1. The number of aryl methyl sites for hydroxylation is 1. The van der Waals surface area contributed by atoms with E-state index in [1.165, 1.54) is 0 Å². The summed E-state index contributed by atoms with van der Waals surface area (Å²) >= 11 is 0. The first-order valence-corrected chi connectivity index (χ1v) is 10.9. The molecule has 3 aromatic rings. The van der Waals surface area contributed by atoms with Crippen LogP contribution in [-0.2, 0) is 16.0 Å². The molecule has 11 heteroatoms. The Labute approximate surface area is 192 Å². The van der Waals surface area contributed by atoms with Crippen LogP contribution in [-0.4, -0.2) is 70.1 Å². The quantitative estimate of drug-likeness (QED) is 0.619. The molecule has 0 radical (unpaired) electrons. The SMILES string of the molecule is CCn1nnc2c(N3CCOCC3)nc(-c3ccc(NC(=O)OC(C)(C)C)c(OC)c3)nc21. The highest BCUT2D eigenvalue weighted by atomic mass is 16.6. The molecule has 1 aliphatic rings. The van der Waals surface area contributed by atoms with Gasteiger partial charge in [0, 0.05) is 25.2 Å². The van der Waals surface area contributed by atoms with Crippen LogP contribution in [0.5, 0.6) is 5.75 Å². The monoisotopic (exact) mass is 455 g/mol. The summed E-state index contributed by atoms with van der Waals surface area (Å²) in [5.41, 5.74) is 1.95. The van der Waals surface area contributed by atoms with Crippen molar-refractivity contribution in [3.63, 3.8) is 0 Å². The molecular formula is C22H29N7O4. The second-order valence-corrected chi connectivity index (χ2v) is 8.59. The van der Waals surface area contributed by atoms with E-state index in [4.69, 9.17) is 24.2 Å². The molecule has 0 saturated carbocycles. The van der Waals surface area contributed by atoms with Gasteiger partial charge in [0.05, 0.1) is 26.0 Å². The molecule has 3 heterocycles. The van der Waals surface area contributed by atoms with E-state index in [2.05, 4.69) is 20.5 Å². The fourth-order valence-corrected chi connectivity index (χ4v) is 3.53. The number of hydrogen-bond acceptors (Lipinski definition) is 9. The van der Waals surface area contributed by atoms with Gasteiger partial charge in [0.1, 0.15) is 11.4 Å². The fourth-order valence-electron chi connectivity index (χ4n) is 3.53. The van der Waals surface area contributed by atoms with Crippen molar-refractivity contribution in [2.24, 2.45) is 0 Å². The first-order chi connectivity index (χ1) is 15.8. The van der Waals surface area contributed by atoms with E-state index in [9.17, 15) is 4.79 Å². The molecule has 11 nitrogen and oxygen atoms in total. The van der Waals surface area contributed by atoms with Crippen LogP contribution in [0.4, 0.5) is 16.3 Å². The number of carbonyl (C=O) groups is 1. The smallest absolute Gasteiger partial charge is 0.412 e. The van der Waals surface area contributed by atoms with Crippen LogP contribution >= 0.6 is 0 Å². The van der Waals surface area contributed by atoms with Gasteiger partial charge in [-0.1, -0.05) is 5.21 Å². The first-order valence-electron chi connectivity index (χ1n) is 10.9. The van der Waals surface area contributed by atoms with E-state index in [0.717, 1.165) is 11.4 Å². The van der Waals surface area contributed by atoms with Crippen molar-refractivity contribution in [1.82, 2.24) is 25.0 Å². The molecule has 0 atom stereocenters. The van der Waals surface area contributed by atoms with Gasteiger partial charge in [-0.2, -0.15) is 0 Å². The molecule has 0 bridgehead atoms. The molecule has 0 unspecified atom stereocenters. The van der Waals surface area contributed by atoms with Gasteiger partial charge >= 0.3 is 6.09 Å². The molecule has 176 valence electrons. The van der Waals surface area contributed by atoms with Gasteiger partial charge in [-0.25, -0.2) is 19.4 Å². The predicted molar refractivity (Wildman–Crippen MR) is 124 cm³/mol. The normalized spacial score (nSPS) is 14.4. The molecule has 0 aliphatic carbocycles. The van der Waals surface area contributed by atoms with E-state index >= 15 is 0 Å². The van der Waals surface area contributed by atoms with Crippen LogP contribution in [0.2, 0.25) is 0 Å². The Balaban J connectivity index is 1.72. The number of rotatable bonds is 5. The Bertz CT molecular complexity index is 1150. The van der Waals surface area contributed by atoms with Crippen molar-refractivity contribution < 1.29 is 19.0 Å². The Morgan fingerprint density at radius 2 is 1.97 bits per heavy atom. The van der Waals surface area contributed by atoms with Crippen LogP contribution in [0.3, 0.4) is 0 Å². The molecule has 2 aromatic heterocycles. The van der Waals surface area contributed by atoms with Crippen molar-refractivity contribution >= 4 is 28.8 Å². The summed E-state index contributed by atoms with van der Waals surface area (Å²) in [4.78, 5) is 23.9. The number of anilines is 2. The largest absolute Gasteiger partial charge is 0.495 e. The number of carbonyl (C=O) groups excluding carboxylic acids is 1. The number of aromatic nitrogens is 5. The Hall–Kier alpha value is -3.47. The minimum atomic E-state index is -0.604. The van der Waals surface area contributed by atoms with E-state index in [0.29, 0.717) is 61.3 Å². The summed E-state index contributed by atoms with van der Waals surface area (Å²) in [6.45, 7) is 10.7. The highest BCUT2D eigenvalue weighted by Gasteiger charge is 2.23. The zero-order chi connectivity index (χ0) is 23.6. The maximum Gasteiger partial charge on any atom is 0.412 e. The van der Waals surface area contributed by atoms with Crippen LogP contribution in [0.25, 0.3) is 22.6 Å². The van der Waals surface area contributed by atoms with Crippen molar-refractivity contribution in [2.75, 3.05) is 43.6 Å². The standard InChI is InChI=1S/C22H29N7O4/c1-6-29-20-17(26-27-29)19(28-9-11-32-12-10-28)24-18(25-20)14-7-8-15(16(13-14)31-5)23-21(30)33-22(2,3)4/h7-8,13H,6,9-12H2,1-5H3,(H,23,30). The molecule has 1 aliphatic heterocycles. The van der Waals surface area contributed by atoms with Gasteiger partial charge in [-0.15, -0.1) is 5.10 Å². The van der Waals surface area contributed by atoms with Crippen LogP contribution in [0.15, 0.2) is 18.2 Å². The maximum atomic E-state index is 12.2. The number of methoxy groups -OCH3 is 1. The van der Waals surface area contributed by atoms with Crippen molar-refractivity contribution in [3.8, 4) is 17.1 Å². The topological polar surface area (TPSA) is 117 Å².